The molecule has 0 amide bonds. The summed E-state index contributed by atoms with van der Waals surface area (Å²) in [6, 6.07) is 6.59. The van der Waals surface area contributed by atoms with Crippen molar-refractivity contribution < 1.29 is 13.5 Å². The number of alkyl halides is 2. The van der Waals surface area contributed by atoms with Crippen LogP contribution in [0, 0.1) is 0 Å². The highest BCUT2D eigenvalue weighted by Gasteiger charge is 2.45. The topological polar surface area (TPSA) is 63.0 Å². The summed E-state index contributed by atoms with van der Waals surface area (Å²) in [5.74, 6) is 1.09. The van der Waals surface area contributed by atoms with Crippen molar-refractivity contribution in [2.75, 3.05) is 24.8 Å². The second kappa shape index (κ2) is 7.91. The highest BCUT2D eigenvalue weighted by molar-refractivity contribution is 7.54. The number of halogens is 2. The van der Waals surface area contributed by atoms with Crippen molar-refractivity contribution in [1.29, 1.82) is 0 Å². The van der Waals surface area contributed by atoms with Crippen LogP contribution in [0.1, 0.15) is 19.4 Å². The number of nitrogens with zero attached hydrogens (tertiary/aromatic N) is 2. The first-order valence-corrected chi connectivity index (χ1v) is 11.0. The molecular formula is C17H21Cl2N2O4P. The number of rotatable bonds is 6. The van der Waals surface area contributed by atoms with E-state index in [2.05, 4.69) is 0 Å². The Labute approximate surface area is 162 Å². The first-order valence-electron chi connectivity index (χ1n) is 8.40. The molecule has 0 N–H and O–H groups in total. The Balaban J connectivity index is 2.14. The van der Waals surface area contributed by atoms with Crippen LogP contribution in [0.25, 0.3) is 11.0 Å². The Morgan fingerprint density at radius 3 is 2.46 bits per heavy atom. The fraction of sp³-hybridized carbons (Fsp3) is 0.471. The molecule has 0 fully saturated rings. The highest BCUT2D eigenvalue weighted by atomic mass is 35.5. The summed E-state index contributed by atoms with van der Waals surface area (Å²) < 4.78 is 28.8. The normalized spacial score (nSPS) is 20.5. The fourth-order valence-corrected chi connectivity index (χ4v) is 6.32. The van der Waals surface area contributed by atoms with E-state index in [1.807, 2.05) is 13.8 Å². The standard InChI is InChI=1S/C17H21Cl2N2O4P/c1-12(2)21-11-14-15(5-3-13-4-6-16(22)24-17(13)14)25-26(21,23)20(9-7-18)10-8-19/h3-6,12H,7-11H2,1-2H3. The van der Waals surface area contributed by atoms with Crippen molar-refractivity contribution in [1.82, 2.24) is 9.34 Å². The Hall–Kier alpha value is -1.04. The van der Waals surface area contributed by atoms with Gasteiger partial charge in [0, 0.05) is 48.9 Å². The summed E-state index contributed by atoms with van der Waals surface area (Å²) in [6.07, 6.45) is 0. The van der Waals surface area contributed by atoms with Crippen LogP contribution in [-0.4, -0.2) is 40.2 Å². The Morgan fingerprint density at radius 1 is 1.19 bits per heavy atom. The number of benzene rings is 1. The lowest BCUT2D eigenvalue weighted by Gasteiger charge is -2.43. The van der Waals surface area contributed by atoms with Crippen LogP contribution in [0.3, 0.4) is 0 Å². The molecular weight excluding hydrogens is 398 g/mol. The van der Waals surface area contributed by atoms with Crippen LogP contribution in [0.5, 0.6) is 5.75 Å². The summed E-state index contributed by atoms with van der Waals surface area (Å²) in [5.41, 5.74) is 0.756. The number of hydrogen-bond donors (Lipinski definition) is 0. The molecule has 1 aliphatic heterocycles. The molecule has 2 aromatic rings. The van der Waals surface area contributed by atoms with Crippen molar-refractivity contribution in [3.63, 3.8) is 0 Å². The van der Waals surface area contributed by atoms with Gasteiger partial charge in [-0.1, -0.05) is 0 Å². The lowest BCUT2D eigenvalue weighted by Crippen LogP contribution is -2.41. The third-order valence-corrected chi connectivity index (χ3v) is 7.49. The van der Waals surface area contributed by atoms with Gasteiger partial charge in [0.25, 0.3) is 0 Å². The molecule has 142 valence electrons. The van der Waals surface area contributed by atoms with Crippen LogP contribution in [0.4, 0.5) is 0 Å². The van der Waals surface area contributed by atoms with Crippen LogP contribution in [0.2, 0.25) is 0 Å². The maximum atomic E-state index is 13.9. The SMILES string of the molecule is CC(C)N1Cc2c(ccc3ccc(=O)oc23)OP1(=O)N(CCCl)CCCl. The Kier molecular flexibility index (Phi) is 6.00. The summed E-state index contributed by atoms with van der Waals surface area (Å²) in [6.45, 7) is 5.03. The zero-order chi connectivity index (χ0) is 18.9. The molecule has 0 bridgehead atoms. The minimum atomic E-state index is -3.37. The van der Waals surface area contributed by atoms with Gasteiger partial charge in [0.1, 0.15) is 11.3 Å². The van der Waals surface area contributed by atoms with Gasteiger partial charge in [0.05, 0.1) is 5.56 Å². The first kappa shape index (κ1) is 19.7. The van der Waals surface area contributed by atoms with E-state index >= 15 is 0 Å². The molecule has 26 heavy (non-hydrogen) atoms. The molecule has 1 unspecified atom stereocenters. The lowest BCUT2D eigenvalue weighted by molar-refractivity contribution is 0.233. The molecule has 1 aromatic carbocycles. The fourth-order valence-electron chi connectivity index (χ4n) is 3.09. The second-order valence-corrected chi connectivity index (χ2v) is 9.32. The minimum Gasteiger partial charge on any atom is -0.422 e. The average Bonchev–Trinajstić information content (AvgIpc) is 2.60. The molecule has 0 saturated heterocycles. The summed E-state index contributed by atoms with van der Waals surface area (Å²) in [4.78, 5) is 11.7. The zero-order valence-corrected chi connectivity index (χ0v) is 17.1. The molecule has 9 heteroatoms. The van der Waals surface area contributed by atoms with E-state index in [-0.39, 0.29) is 6.04 Å². The van der Waals surface area contributed by atoms with Gasteiger partial charge in [0.15, 0.2) is 0 Å². The number of fused-ring (bicyclic) bond motifs is 3. The van der Waals surface area contributed by atoms with Crippen LogP contribution < -0.4 is 10.1 Å². The first-order chi connectivity index (χ1) is 12.4. The average molecular weight is 419 g/mol. The predicted octanol–water partition coefficient (Wildman–Crippen LogP) is 4.28. The molecule has 6 nitrogen and oxygen atoms in total. The van der Waals surface area contributed by atoms with Gasteiger partial charge in [-0.25, -0.2) is 18.7 Å². The maximum Gasteiger partial charge on any atom is 0.396 e. The largest absolute Gasteiger partial charge is 0.422 e. The molecule has 1 atom stereocenters. The smallest absolute Gasteiger partial charge is 0.396 e. The van der Waals surface area contributed by atoms with Crippen LogP contribution in [0.15, 0.2) is 33.5 Å². The van der Waals surface area contributed by atoms with Gasteiger partial charge in [-0.3, -0.25) is 0 Å². The Morgan fingerprint density at radius 2 is 1.85 bits per heavy atom. The molecule has 1 aliphatic rings. The Bertz CT molecular complexity index is 896. The predicted molar refractivity (Wildman–Crippen MR) is 104 cm³/mol. The number of hydrogen-bond acceptors (Lipinski definition) is 4. The van der Waals surface area contributed by atoms with E-state index in [1.54, 1.807) is 27.5 Å². The van der Waals surface area contributed by atoms with Crippen molar-refractivity contribution in [2.24, 2.45) is 0 Å². The van der Waals surface area contributed by atoms with Crippen LogP contribution in [-0.2, 0) is 11.1 Å². The molecule has 0 saturated carbocycles. The van der Waals surface area contributed by atoms with Gasteiger partial charge >= 0.3 is 13.3 Å². The van der Waals surface area contributed by atoms with E-state index < -0.39 is 13.3 Å². The van der Waals surface area contributed by atoms with E-state index in [0.717, 1.165) is 10.9 Å². The van der Waals surface area contributed by atoms with Gasteiger partial charge in [-0.2, -0.15) is 0 Å². The van der Waals surface area contributed by atoms with Gasteiger partial charge in [0.2, 0.25) is 0 Å². The maximum absolute atomic E-state index is 13.9. The van der Waals surface area contributed by atoms with Crippen molar-refractivity contribution >= 4 is 41.8 Å². The summed E-state index contributed by atoms with van der Waals surface area (Å²) in [7, 11) is -3.37. The van der Waals surface area contributed by atoms with Gasteiger partial charge in [-0.05, 0) is 32.0 Å². The molecule has 3 rings (SSSR count). The van der Waals surface area contributed by atoms with E-state index in [0.29, 0.717) is 42.7 Å². The van der Waals surface area contributed by atoms with Crippen molar-refractivity contribution in [3.05, 3.63) is 40.2 Å². The van der Waals surface area contributed by atoms with Gasteiger partial charge in [-0.15, -0.1) is 23.2 Å². The second-order valence-electron chi connectivity index (χ2n) is 6.32. The molecule has 1 aromatic heterocycles. The highest BCUT2D eigenvalue weighted by Crippen LogP contribution is 2.60. The third-order valence-electron chi connectivity index (χ3n) is 4.35. The van der Waals surface area contributed by atoms with E-state index in [1.165, 1.54) is 6.07 Å². The zero-order valence-electron chi connectivity index (χ0n) is 14.7. The van der Waals surface area contributed by atoms with Crippen molar-refractivity contribution in [2.45, 2.75) is 26.4 Å². The van der Waals surface area contributed by atoms with E-state index in [9.17, 15) is 9.36 Å². The van der Waals surface area contributed by atoms with Crippen LogP contribution >= 0.6 is 30.9 Å². The third kappa shape index (κ3) is 3.54. The monoisotopic (exact) mass is 418 g/mol. The molecule has 0 aliphatic carbocycles. The van der Waals surface area contributed by atoms with Gasteiger partial charge < -0.3 is 8.94 Å². The quantitative estimate of drug-likeness (QED) is 0.396. The molecule has 0 spiro atoms. The minimum absolute atomic E-state index is 0.0622. The molecule has 2 heterocycles. The van der Waals surface area contributed by atoms with Crippen molar-refractivity contribution in [3.8, 4) is 5.75 Å². The molecule has 0 radical (unpaired) electrons. The van der Waals surface area contributed by atoms with E-state index in [4.69, 9.17) is 32.1 Å². The lowest BCUT2D eigenvalue weighted by atomic mass is 10.1. The summed E-state index contributed by atoms with van der Waals surface area (Å²) >= 11 is 11.8. The summed E-state index contributed by atoms with van der Waals surface area (Å²) in [5, 5.41) is 0.797.